The van der Waals surface area contributed by atoms with Crippen molar-refractivity contribution in [2.75, 3.05) is 24.6 Å². The van der Waals surface area contributed by atoms with Crippen LogP contribution in [0.25, 0.3) is 0 Å². The van der Waals surface area contributed by atoms with E-state index in [2.05, 4.69) is 27.5 Å². The van der Waals surface area contributed by atoms with Crippen molar-refractivity contribution in [3.63, 3.8) is 0 Å². The first-order chi connectivity index (χ1) is 15.5. The van der Waals surface area contributed by atoms with E-state index in [1.807, 2.05) is 0 Å². The Bertz CT molecular complexity index is 985. The quantitative estimate of drug-likeness (QED) is 0.393. The molecule has 32 heavy (non-hydrogen) atoms. The fourth-order valence-electron chi connectivity index (χ4n) is 3.52. The molecule has 1 aromatic carbocycles. The zero-order chi connectivity index (χ0) is 22.5. The van der Waals surface area contributed by atoms with Crippen LogP contribution in [0, 0.1) is 11.7 Å². The Morgan fingerprint density at radius 3 is 2.94 bits per heavy atom. The largest absolute Gasteiger partial charge is 0.490 e. The molecule has 2 N–H and O–H groups in total. The van der Waals surface area contributed by atoms with Crippen molar-refractivity contribution >= 4 is 29.1 Å². The Kier molecular flexibility index (Phi) is 7.26. The van der Waals surface area contributed by atoms with Gasteiger partial charge in [0.25, 0.3) is 0 Å². The number of carbonyl (C=O) groups is 1. The average Bonchev–Trinajstić information content (AvgIpc) is 3.55. The van der Waals surface area contributed by atoms with Crippen molar-refractivity contribution in [3.05, 3.63) is 47.7 Å². The molecule has 0 spiro atoms. The number of rotatable bonds is 11. The topological polar surface area (TPSA) is 79.4 Å². The van der Waals surface area contributed by atoms with Gasteiger partial charge in [-0.2, -0.15) is 0 Å². The molecule has 1 saturated heterocycles. The summed E-state index contributed by atoms with van der Waals surface area (Å²) in [4.78, 5) is 22.7. The first-order valence-electron chi connectivity index (χ1n) is 11.1. The average molecular weight is 458 g/mol. The van der Waals surface area contributed by atoms with Crippen LogP contribution in [0.15, 0.2) is 30.5 Å². The van der Waals surface area contributed by atoms with Gasteiger partial charge < -0.3 is 15.4 Å². The molecule has 4 rings (SSSR count). The second-order valence-electron chi connectivity index (χ2n) is 8.35. The van der Waals surface area contributed by atoms with Gasteiger partial charge in [0.05, 0.1) is 13.2 Å². The van der Waals surface area contributed by atoms with Crippen molar-refractivity contribution in [3.8, 4) is 5.75 Å². The van der Waals surface area contributed by atoms with Gasteiger partial charge in [-0.05, 0) is 68.8 Å². The maximum Gasteiger partial charge on any atom is 0.328 e. The maximum atomic E-state index is 14.0. The second-order valence-corrected chi connectivity index (χ2v) is 8.84. The lowest BCUT2D eigenvalue weighted by atomic mass is 10.1. The number of nitrogens with zero attached hydrogens (tertiary/aromatic N) is 3. The van der Waals surface area contributed by atoms with Gasteiger partial charge in [-0.15, -0.1) is 0 Å². The highest BCUT2D eigenvalue weighted by Gasteiger charge is 2.26. The highest BCUT2D eigenvalue weighted by atomic mass is 32.1. The van der Waals surface area contributed by atoms with E-state index in [9.17, 15) is 9.18 Å². The predicted molar refractivity (Wildman–Crippen MR) is 124 cm³/mol. The molecule has 1 aliphatic heterocycles. The Morgan fingerprint density at radius 1 is 1.34 bits per heavy atom. The standard InChI is InChI=1S/C23H28FN5O2S/c1-15(17-7-8-18(24)19(12-17)31-14-16-5-6-16)25-10-3-2-4-20-26-11-9-21(27-20)29-13-22(32)28-23(29)30/h7-9,11-12,15-16,25H,2-6,10,13-14H2,1H3,(H,28,30,32)/t15-/m1/s1. The molecule has 2 amide bonds. The minimum absolute atomic E-state index is 0.0935. The van der Waals surface area contributed by atoms with Gasteiger partial charge in [0.1, 0.15) is 16.6 Å². The van der Waals surface area contributed by atoms with Gasteiger partial charge in [0.15, 0.2) is 11.6 Å². The van der Waals surface area contributed by atoms with E-state index < -0.39 is 0 Å². The Hall–Kier alpha value is -2.65. The summed E-state index contributed by atoms with van der Waals surface area (Å²) >= 11 is 5.05. The van der Waals surface area contributed by atoms with E-state index in [-0.39, 0.29) is 17.9 Å². The lowest BCUT2D eigenvalue weighted by Gasteiger charge is -2.16. The summed E-state index contributed by atoms with van der Waals surface area (Å²) in [6, 6.07) is 6.64. The lowest BCUT2D eigenvalue weighted by Crippen LogP contribution is -2.28. The van der Waals surface area contributed by atoms with Crippen LogP contribution in [-0.4, -0.2) is 40.7 Å². The molecule has 1 saturated carbocycles. The van der Waals surface area contributed by atoms with Gasteiger partial charge >= 0.3 is 6.03 Å². The van der Waals surface area contributed by atoms with Gasteiger partial charge in [-0.1, -0.05) is 18.3 Å². The molecule has 0 radical (unpaired) electrons. The molecule has 9 heteroatoms. The smallest absolute Gasteiger partial charge is 0.328 e. The summed E-state index contributed by atoms with van der Waals surface area (Å²) in [6.07, 6.45) is 6.60. The van der Waals surface area contributed by atoms with Gasteiger partial charge in [0, 0.05) is 18.7 Å². The molecular weight excluding hydrogens is 429 g/mol. The van der Waals surface area contributed by atoms with E-state index in [1.54, 1.807) is 24.4 Å². The highest BCUT2D eigenvalue weighted by Crippen LogP contribution is 2.31. The predicted octanol–water partition coefficient (Wildman–Crippen LogP) is 3.94. The molecule has 0 bridgehead atoms. The molecule has 2 heterocycles. The summed E-state index contributed by atoms with van der Waals surface area (Å²) in [5.41, 5.74) is 1.01. The van der Waals surface area contributed by atoms with Crippen molar-refractivity contribution in [2.45, 2.75) is 45.1 Å². The fourth-order valence-corrected chi connectivity index (χ4v) is 3.74. The highest BCUT2D eigenvalue weighted by molar-refractivity contribution is 7.80. The van der Waals surface area contributed by atoms with E-state index in [0.29, 0.717) is 41.4 Å². The number of anilines is 1. The molecular formula is C23H28FN5O2S. The number of unbranched alkanes of at least 4 members (excludes halogenated alkanes) is 1. The third-order valence-electron chi connectivity index (χ3n) is 5.66. The first kappa shape index (κ1) is 22.5. The third kappa shape index (κ3) is 5.98. The van der Waals surface area contributed by atoms with Crippen molar-refractivity contribution < 1.29 is 13.9 Å². The van der Waals surface area contributed by atoms with Crippen molar-refractivity contribution in [1.29, 1.82) is 0 Å². The number of hydrogen-bond donors (Lipinski definition) is 2. The number of ether oxygens (including phenoxy) is 1. The van der Waals surface area contributed by atoms with Crippen LogP contribution in [0.1, 0.15) is 50.0 Å². The minimum atomic E-state index is -0.308. The molecule has 170 valence electrons. The van der Waals surface area contributed by atoms with Gasteiger partial charge in [0.2, 0.25) is 0 Å². The van der Waals surface area contributed by atoms with Crippen LogP contribution >= 0.6 is 12.2 Å². The normalized spacial score (nSPS) is 16.9. The summed E-state index contributed by atoms with van der Waals surface area (Å²) < 4.78 is 19.6. The number of aryl methyl sites for hydroxylation is 1. The summed E-state index contributed by atoms with van der Waals surface area (Å²) in [7, 11) is 0. The molecule has 1 aliphatic carbocycles. The number of thiocarbonyl (C=S) groups is 1. The van der Waals surface area contributed by atoms with Crippen LogP contribution in [-0.2, 0) is 6.42 Å². The van der Waals surface area contributed by atoms with E-state index in [0.717, 1.165) is 31.4 Å². The molecule has 2 aliphatic rings. The number of urea groups is 1. The van der Waals surface area contributed by atoms with E-state index in [1.165, 1.54) is 23.8 Å². The van der Waals surface area contributed by atoms with Crippen LogP contribution in [0.4, 0.5) is 15.0 Å². The molecule has 2 aromatic rings. The second kappa shape index (κ2) is 10.3. The number of amides is 2. The van der Waals surface area contributed by atoms with Crippen molar-refractivity contribution in [2.24, 2.45) is 5.92 Å². The van der Waals surface area contributed by atoms with Gasteiger partial charge in [-0.3, -0.25) is 4.90 Å². The molecule has 2 fully saturated rings. The lowest BCUT2D eigenvalue weighted by molar-refractivity contribution is 0.253. The Labute approximate surface area is 192 Å². The summed E-state index contributed by atoms with van der Waals surface area (Å²) in [5, 5.41) is 6.09. The zero-order valence-electron chi connectivity index (χ0n) is 18.1. The monoisotopic (exact) mass is 457 g/mol. The number of halogens is 1. The van der Waals surface area contributed by atoms with Crippen LogP contribution in [0.3, 0.4) is 0 Å². The number of carbonyl (C=O) groups excluding carboxylic acids is 1. The number of nitrogens with one attached hydrogen (secondary N) is 2. The van der Waals surface area contributed by atoms with Crippen molar-refractivity contribution in [1.82, 2.24) is 20.6 Å². The fraction of sp³-hybridized carbons (Fsp3) is 0.478. The summed E-state index contributed by atoms with van der Waals surface area (Å²) in [5.74, 6) is 1.89. The Balaban J connectivity index is 1.21. The third-order valence-corrected chi connectivity index (χ3v) is 5.90. The Morgan fingerprint density at radius 2 is 2.19 bits per heavy atom. The SMILES string of the molecule is C[C@@H](NCCCCc1nccc(N2CC(=S)NC2=O)n1)c1ccc(F)c(OCC2CC2)c1. The van der Waals surface area contributed by atoms with Crippen LogP contribution in [0.2, 0.25) is 0 Å². The van der Waals surface area contributed by atoms with Crippen LogP contribution < -0.4 is 20.3 Å². The number of hydrogen-bond acceptors (Lipinski definition) is 6. The first-order valence-corrected chi connectivity index (χ1v) is 11.5. The zero-order valence-corrected chi connectivity index (χ0v) is 19.0. The minimum Gasteiger partial charge on any atom is -0.490 e. The number of aromatic nitrogens is 2. The number of benzene rings is 1. The van der Waals surface area contributed by atoms with Gasteiger partial charge in [-0.25, -0.2) is 19.2 Å². The molecule has 1 aromatic heterocycles. The maximum absolute atomic E-state index is 14.0. The molecule has 7 nitrogen and oxygen atoms in total. The molecule has 0 unspecified atom stereocenters. The van der Waals surface area contributed by atoms with E-state index in [4.69, 9.17) is 17.0 Å². The molecule has 1 atom stereocenters. The van der Waals surface area contributed by atoms with E-state index >= 15 is 0 Å². The van der Waals surface area contributed by atoms with Crippen LogP contribution in [0.5, 0.6) is 5.75 Å². The summed E-state index contributed by atoms with van der Waals surface area (Å²) in [6.45, 7) is 3.83.